The van der Waals surface area contributed by atoms with Crippen LogP contribution in [-0.4, -0.2) is 32.3 Å². The van der Waals surface area contributed by atoms with Crippen molar-refractivity contribution in [2.75, 3.05) is 13.1 Å². The number of amides is 1. The van der Waals surface area contributed by atoms with Crippen molar-refractivity contribution in [1.82, 2.24) is 4.90 Å². The van der Waals surface area contributed by atoms with Crippen LogP contribution in [0.4, 0.5) is 4.39 Å². The van der Waals surface area contributed by atoms with Crippen LogP contribution in [0.1, 0.15) is 30.1 Å². The van der Waals surface area contributed by atoms with Crippen molar-refractivity contribution in [2.24, 2.45) is 11.1 Å². The highest BCUT2D eigenvalue weighted by Crippen LogP contribution is 2.27. The van der Waals surface area contributed by atoms with Gasteiger partial charge in [0.15, 0.2) is 0 Å². The summed E-state index contributed by atoms with van der Waals surface area (Å²) >= 11 is 5.81. The van der Waals surface area contributed by atoms with Crippen LogP contribution < -0.4 is 5.14 Å². The number of primary sulfonamides is 1. The first kappa shape index (κ1) is 16.2. The van der Waals surface area contributed by atoms with Gasteiger partial charge in [-0.05, 0) is 30.9 Å². The number of likely N-dealkylation sites (tertiary alicyclic amines) is 1. The number of piperidine rings is 1. The summed E-state index contributed by atoms with van der Waals surface area (Å²) in [5.74, 6) is -1.11. The lowest BCUT2D eigenvalue weighted by Gasteiger charge is -2.31. The van der Waals surface area contributed by atoms with Gasteiger partial charge < -0.3 is 4.90 Å². The summed E-state index contributed by atoms with van der Waals surface area (Å²) < 4.78 is 36.4. The van der Waals surface area contributed by atoms with E-state index in [9.17, 15) is 17.6 Å². The Hall–Kier alpha value is -1.18. The maximum Gasteiger partial charge on any atom is 0.255 e. The Morgan fingerprint density at radius 1 is 1.48 bits per heavy atom. The molecule has 1 aromatic rings. The summed E-state index contributed by atoms with van der Waals surface area (Å²) in [6, 6.07) is 1.75. The number of hydrogen-bond acceptors (Lipinski definition) is 3. The van der Waals surface area contributed by atoms with Gasteiger partial charge in [0.2, 0.25) is 10.0 Å². The highest BCUT2D eigenvalue weighted by atomic mass is 35.5. The van der Waals surface area contributed by atoms with Gasteiger partial charge in [-0.15, -0.1) is 0 Å². The maximum absolute atomic E-state index is 13.8. The molecule has 1 heterocycles. The predicted molar refractivity (Wildman–Crippen MR) is 77.1 cm³/mol. The van der Waals surface area contributed by atoms with Gasteiger partial charge >= 0.3 is 0 Å². The highest BCUT2D eigenvalue weighted by molar-refractivity contribution is 7.89. The van der Waals surface area contributed by atoms with Crippen LogP contribution >= 0.6 is 11.6 Å². The van der Waals surface area contributed by atoms with Crippen molar-refractivity contribution in [3.63, 3.8) is 0 Å². The molecule has 116 valence electrons. The van der Waals surface area contributed by atoms with E-state index < -0.39 is 26.6 Å². The molecule has 21 heavy (non-hydrogen) atoms. The average Bonchev–Trinajstić information content (AvgIpc) is 2.39. The second-order valence-electron chi connectivity index (χ2n) is 5.31. The van der Waals surface area contributed by atoms with Crippen LogP contribution in [0.5, 0.6) is 0 Å². The van der Waals surface area contributed by atoms with E-state index in [2.05, 4.69) is 0 Å². The van der Waals surface area contributed by atoms with Crippen LogP contribution in [0.2, 0.25) is 5.02 Å². The third-order valence-corrected chi connectivity index (χ3v) is 4.78. The molecular formula is C13H16ClFN2O3S. The van der Waals surface area contributed by atoms with Gasteiger partial charge in [0.1, 0.15) is 5.82 Å². The second-order valence-corrected chi connectivity index (χ2v) is 7.25. The summed E-state index contributed by atoms with van der Waals surface area (Å²) in [7, 11) is -4.11. The fourth-order valence-electron chi connectivity index (χ4n) is 2.43. The van der Waals surface area contributed by atoms with Gasteiger partial charge in [0, 0.05) is 13.1 Å². The summed E-state index contributed by atoms with van der Waals surface area (Å²) in [6.07, 6.45) is 1.87. The van der Waals surface area contributed by atoms with Crippen LogP contribution in [0.15, 0.2) is 17.0 Å². The summed E-state index contributed by atoms with van der Waals surface area (Å²) in [4.78, 5) is 13.5. The third kappa shape index (κ3) is 3.53. The van der Waals surface area contributed by atoms with Gasteiger partial charge in [-0.2, -0.15) is 0 Å². The van der Waals surface area contributed by atoms with Gasteiger partial charge in [-0.3, -0.25) is 4.79 Å². The van der Waals surface area contributed by atoms with Crippen molar-refractivity contribution in [1.29, 1.82) is 0 Å². The minimum atomic E-state index is -4.11. The van der Waals surface area contributed by atoms with Crippen LogP contribution in [0, 0.1) is 11.7 Å². The number of halogens is 2. The Kier molecular flexibility index (Phi) is 4.55. The molecule has 0 bridgehead atoms. The molecule has 2 rings (SSSR count). The number of carbonyl (C=O) groups excluding carboxylic acids is 1. The molecule has 1 amide bonds. The molecule has 1 aliphatic heterocycles. The molecule has 0 saturated carbocycles. The van der Waals surface area contributed by atoms with Gasteiger partial charge in [-0.25, -0.2) is 17.9 Å². The topological polar surface area (TPSA) is 80.5 Å². The van der Waals surface area contributed by atoms with E-state index in [1.807, 2.05) is 6.92 Å². The molecule has 0 aliphatic carbocycles. The van der Waals surface area contributed by atoms with E-state index in [-0.39, 0.29) is 10.6 Å². The molecule has 2 N–H and O–H groups in total. The lowest BCUT2D eigenvalue weighted by atomic mass is 9.99. The van der Waals surface area contributed by atoms with Crippen molar-refractivity contribution < 1.29 is 17.6 Å². The first-order valence-electron chi connectivity index (χ1n) is 6.51. The second kappa shape index (κ2) is 5.90. The Morgan fingerprint density at radius 2 is 2.14 bits per heavy atom. The number of hydrogen-bond donors (Lipinski definition) is 1. The number of nitrogens with two attached hydrogens (primary N) is 1. The monoisotopic (exact) mass is 334 g/mol. The number of nitrogens with zero attached hydrogens (tertiary/aromatic N) is 1. The van der Waals surface area contributed by atoms with Crippen LogP contribution in [-0.2, 0) is 10.0 Å². The molecule has 0 radical (unpaired) electrons. The lowest BCUT2D eigenvalue weighted by molar-refractivity contribution is 0.0682. The van der Waals surface area contributed by atoms with Gasteiger partial charge in [-0.1, -0.05) is 18.5 Å². The van der Waals surface area contributed by atoms with Gasteiger partial charge in [0.05, 0.1) is 15.5 Å². The zero-order valence-corrected chi connectivity index (χ0v) is 13.0. The van der Waals surface area contributed by atoms with Crippen molar-refractivity contribution in [3.8, 4) is 0 Å². The first-order chi connectivity index (χ1) is 9.70. The zero-order valence-electron chi connectivity index (χ0n) is 11.5. The molecule has 8 heteroatoms. The normalized spacial score (nSPS) is 19.6. The van der Waals surface area contributed by atoms with E-state index in [4.69, 9.17) is 16.7 Å². The Bertz CT molecular complexity index is 678. The number of carbonyl (C=O) groups is 1. The van der Waals surface area contributed by atoms with E-state index in [0.717, 1.165) is 18.9 Å². The standard InChI is InChI=1S/C13H16ClFN2O3S/c1-8-3-2-4-17(7-8)13(18)10-5-9(21(16,19)20)6-11(15)12(10)14/h5-6,8H,2-4,7H2,1H3,(H2,16,19,20). The molecule has 1 aliphatic rings. The van der Waals surface area contributed by atoms with Crippen molar-refractivity contribution >= 4 is 27.5 Å². The molecule has 0 aromatic heterocycles. The Morgan fingerprint density at radius 3 is 2.71 bits per heavy atom. The summed E-state index contributed by atoms with van der Waals surface area (Å²) in [5.41, 5.74) is -0.171. The molecule has 0 spiro atoms. The van der Waals surface area contributed by atoms with E-state index in [0.29, 0.717) is 25.1 Å². The van der Waals surface area contributed by atoms with Crippen LogP contribution in [0.25, 0.3) is 0 Å². The minimum absolute atomic E-state index is 0.171. The summed E-state index contributed by atoms with van der Waals surface area (Å²) in [5, 5.41) is 4.60. The molecule has 1 unspecified atom stereocenters. The Balaban J connectivity index is 2.43. The average molecular weight is 335 g/mol. The SMILES string of the molecule is CC1CCCN(C(=O)c2cc(S(N)(=O)=O)cc(F)c2Cl)C1. The van der Waals surface area contributed by atoms with E-state index in [1.54, 1.807) is 4.90 Å². The highest BCUT2D eigenvalue weighted by Gasteiger charge is 2.26. The molecular weight excluding hydrogens is 319 g/mol. The van der Waals surface area contributed by atoms with Crippen molar-refractivity contribution in [3.05, 3.63) is 28.5 Å². The van der Waals surface area contributed by atoms with Crippen LogP contribution in [0.3, 0.4) is 0 Å². The molecule has 1 saturated heterocycles. The predicted octanol–water partition coefficient (Wildman–Crippen LogP) is 2.00. The molecule has 1 aromatic carbocycles. The largest absolute Gasteiger partial charge is 0.338 e. The number of benzene rings is 1. The minimum Gasteiger partial charge on any atom is -0.338 e. The quantitative estimate of drug-likeness (QED) is 0.898. The lowest BCUT2D eigenvalue weighted by Crippen LogP contribution is -2.39. The number of rotatable bonds is 2. The number of sulfonamides is 1. The molecule has 1 fully saturated rings. The van der Waals surface area contributed by atoms with E-state index >= 15 is 0 Å². The summed E-state index contributed by atoms with van der Waals surface area (Å²) in [6.45, 7) is 3.10. The molecule has 1 atom stereocenters. The Labute approximate surface area is 127 Å². The third-order valence-electron chi connectivity index (χ3n) is 3.50. The fourth-order valence-corrected chi connectivity index (χ4v) is 3.17. The fraction of sp³-hybridized carbons (Fsp3) is 0.462. The van der Waals surface area contributed by atoms with Crippen molar-refractivity contribution in [2.45, 2.75) is 24.7 Å². The zero-order chi connectivity index (χ0) is 15.8. The van der Waals surface area contributed by atoms with E-state index in [1.165, 1.54) is 0 Å². The first-order valence-corrected chi connectivity index (χ1v) is 8.43. The maximum atomic E-state index is 13.8. The smallest absolute Gasteiger partial charge is 0.255 e. The van der Waals surface area contributed by atoms with Gasteiger partial charge in [0.25, 0.3) is 5.91 Å². The molecule has 5 nitrogen and oxygen atoms in total.